The molecule has 8 heteroatoms. The molecule has 0 saturated heterocycles. The molecule has 0 unspecified atom stereocenters. The number of rotatable bonds is 4. The Morgan fingerprint density at radius 3 is 2.85 bits per heavy atom. The Labute approximate surface area is 119 Å². The van der Waals surface area contributed by atoms with Crippen LogP contribution in [0.25, 0.3) is 0 Å². The summed E-state index contributed by atoms with van der Waals surface area (Å²) in [5.74, 6) is -0.881. The van der Waals surface area contributed by atoms with E-state index in [0.29, 0.717) is 10.6 Å². The van der Waals surface area contributed by atoms with Crippen LogP contribution in [-0.4, -0.2) is 18.6 Å². The lowest BCUT2D eigenvalue weighted by molar-refractivity contribution is -0.116. The van der Waals surface area contributed by atoms with Gasteiger partial charge in [0, 0.05) is 6.20 Å². The van der Waals surface area contributed by atoms with Gasteiger partial charge in [-0.15, -0.1) is 11.3 Å². The Bertz CT molecular complexity index is 621. The molecular formula is C12H10N4O3S. The second kappa shape index (κ2) is 7.56. The number of nitrogens with one attached hydrogen (secondary N) is 2. The van der Waals surface area contributed by atoms with Gasteiger partial charge in [0.25, 0.3) is 5.91 Å². The maximum absolute atomic E-state index is 11.6. The highest BCUT2D eigenvalue weighted by atomic mass is 32.1. The van der Waals surface area contributed by atoms with Crippen molar-refractivity contribution >= 4 is 28.3 Å². The first-order valence-electron chi connectivity index (χ1n) is 5.44. The van der Waals surface area contributed by atoms with Crippen LogP contribution in [0.1, 0.15) is 12.5 Å². The van der Waals surface area contributed by atoms with E-state index in [0.717, 1.165) is 6.20 Å². The number of amides is 2. The summed E-state index contributed by atoms with van der Waals surface area (Å²) in [5.41, 5.74) is 0.0877. The number of imide groups is 1. The maximum Gasteiger partial charge on any atom is 0.414 e. The molecule has 2 amide bonds. The van der Waals surface area contributed by atoms with Crippen molar-refractivity contribution in [2.75, 3.05) is 11.9 Å². The van der Waals surface area contributed by atoms with Gasteiger partial charge in [-0.05, 0) is 18.4 Å². The molecule has 2 N–H and O–H groups in total. The summed E-state index contributed by atoms with van der Waals surface area (Å²) >= 11 is 1.25. The molecule has 7 nitrogen and oxygen atoms in total. The van der Waals surface area contributed by atoms with Crippen LogP contribution in [-0.2, 0) is 9.53 Å². The van der Waals surface area contributed by atoms with Gasteiger partial charge in [0.15, 0.2) is 0 Å². The first-order valence-corrected chi connectivity index (χ1v) is 6.32. The Morgan fingerprint density at radius 2 is 2.25 bits per heavy atom. The Kier molecular flexibility index (Phi) is 5.75. The minimum absolute atomic E-state index is 0.115. The fourth-order valence-corrected chi connectivity index (χ4v) is 1.83. The summed E-state index contributed by atoms with van der Waals surface area (Å²) in [4.78, 5) is 22.6. The van der Waals surface area contributed by atoms with E-state index in [4.69, 9.17) is 10.5 Å². The first kappa shape index (κ1) is 15.2. The second-order valence-corrected chi connectivity index (χ2v) is 4.18. The van der Waals surface area contributed by atoms with Gasteiger partial charge in [-0.25, -0.2) is 4.79 Å². The zero-order valence-corrected chi connectivity index (χ0v) is 11.3. The number of nitriles is 2. The number of nitrogens with zero attached hydrogens (tertiary/aromatic N) is 2. The topological polar surface area (TPSA) is 115 Å². The van der Waals surface area contributed by atoms with Gasteiger partial charge in [-0.2, -0.15) is 10.5 Å². The van der Waals surface area contributed by atoms with E-state index in [1.807, 2.05) is 11.4 Å². The van der Waals surface area contributed by atoms with Crippen LogP contribution in [0.3, 0.4) is 0 Å². The monoisotopic (exact) mass is 290 g/mol. The standard InChI is InChI=1S/C12H10N4O3S/c1-2-19-12(18)16-10(17)9(6-14)7-15-11-8(5-13)3-4-20-11/h3-4,7,15H,2H2,1H3,(H,16,17,18)/b9-7+. The number of hydrogen-bond acceptors (Lipinski definition) is 7. The van der Waals surface area contributed by atoms with Crippen molar-refractivity contribution in [3.05, 3.63) is 28.8 Å². The quantitative estimate of drug-likeness (QED) is 0.644. The van der Waals surface area contributed by atoms with Crippen LogP contribution in [0.15, 0.2) is 23.2 Å². The highest BCUT2D eigenvalue weighted by Gasteiger charge is 2.13. The van der Waals surface area contributed by atoms with Gasteiger partial charge in [-0.1, -0.05) is 0 Å². The van der Waals surface area contributed by atoms with Crippen LogP contribution in [0.4, 0.5) is 9.80 Å². The number of carbonyl (C=O) groups is 2. The van der Waals surface area contributed by atoms with Gasteiger partial charge in [0.1, 0.15) is 22.7 Å². The third-order valence-corrected chi connectivity index (χ3v) is 2.84. The number of hydrogen-bond donors (Lipinski definition) is 2. The largest absolute Gasteiger partial charge is 0.450 e. The van der Waals surface area contributed by atoms with Crippen LogP contribution in [0.5, 0.6) is 0 Å². The number of thiophene rings is 1. The summed E-state index contributed by atoms with van der Waals surface area (Å²) < 4.78 is 4.53. The number of anilines is 1. The number of alkyl carbamates (subject to hydrolysis) is 1. The van der Waals surface area contributed by atoms with E-state index >= 15 is 0 Å². The van der Waals surface area contributed by atoms with Crippen molar-refractivity contribution < 1.29 is 14.3 Å². The van der Waals surface area contributed by atoms with E-state index in [1.165, 1.54) is 11.3 Å². The Balaban J connectivity index is 2.74. The lowest BCUT2D eigenvalue weighted by Crippen LogP contribution is -2.32. The molecule has 0 spiro atoms. The molecule has 0 bridgehead atoms. The summed E-state index contributed by atoms with van der Waals surface area (Å²) in [5, 5.41) is 24.4. The average molecular weight is 290 g/mol. The maximum atomic E-state index is 11.6. The number of carbonyl (C=O) groups excluding carboxylic acids is 2. The average Bonchev–Trinajstić information content (AvgIpc) is 2.87. The van der Waals surface area contributed by atoms with E-state index in [1.54, 1.807) is 24.4 Å². The van der Waals surface area contributed by atoms with Gasteiger partial charge in [-0.3, -0.25) is 10.1 Å². The highest BCUT2D eigenvalue weighted by molar-refractivity contribution is 7.14. The van der Waals surface area contributed by atoms with Crippen molar-refractivity contribution in [3.8, 4) is 12.1 Å². The molecule has 1 rings (SSSR count). The molecular weight excluding hydrogens is 280 g/mol. The van der Waals surface area contributed by atoms with E-state index in [9.17, 15) is 9.59 Å². The fourth-order valence-electron chi connectivity index (χ4n) is 1.12. The molecule has 0 aromatic carbocycles. The molecule has 1 aromatic heterocycles. The minimum Gasteiger partial charge on any atom is -0.450 e. The van der Waals surface area contributed by atoms with Crippen LogP contribution < -0.4 is 10.6 Å². The molecule has 1 heterocycles. The molecule has 0 fully saturated rings. The predicted molar refractivity (Wildman–Crippen MR) is 71.5 cm³/mol. The first-order chi connectivity index (χ1) is 9.62. The molecule has 0 aliphatic heterocycles. The minimum atomic E-state index is -0.924. The third kappa shape index (κ3) is 4.12. The van der Waals surface area contributed by atoms with Crippen LogP contribution in [0.2, 0.25) is 0 Å². The van der Waals surface area contributed by atoms with Gasteiger partial charge >= 0.3 is 6.09 Å². The lowest BCUT2D eigenvalue weighted by atomic mass is 10.3. The van der Waals surface area contributed by atoms with Crippen molar-refractivity contribution in [1.29, 1.82) is 10.5 Å². The molecule has 0 atom stereocenters. The Hall–Kier alpha value is -2.84. The van der Waals surface area contributed by atoms with Gasteiger partial charge < -0.3 is 10.1 Å². The fraction of sp³-hybridized carbons (Fsp3) is 0.167. The van der Waals surface area contributed by atoms with Crippen molar-refractivity contribution in [1.82, 2.24) is 5.32 Å². The summed E-state index contributed by atoms with van der Waals surface area (Å²) in [6.07, 6.45) is 0.203. The smallest absolute Gasteiger partial charge is 0.414 e. The normalized spacial score (nSPS) is 10.1. The Morgan fingerprint density at radius 1 is 1.50 bits per heavy atom. The van der Waals surface area contributed by atoms with E-state index in [-0.39, 0.29) is 12.2 Å². The molecule has 1 aromatic rings. The van der Waals surface area contributed by atoms with Crippen molar-refractivity contribution in [2.24, 2.45) is 0 Å². The molecule has 0 radical (unpaired) electrons. The van der Waals surface area contributed by atoms with E-state index < -0.39 is 12.0 Å². The summed E-state index contributed by atoms with van der Waals surface area (Å²) in [6.45, 7) is 1.70. The third-order valence-electron chi connectivity index (χ3n) is 1.99. The molecule has 0 aliphatic carbocycles. The van der Waals surface area contributed by atoms with Crippen molar-refractivity contribution in [2.45, 2.75) is 6.92 Å². The van der Waals surface area contributed by atoms with Gasteiger partial charge in [0.05, 0.1) is 12.2 Å². The molecule has 0 saturated carbocycles. The zero-order chi connectivity index (χ0) is 15.0. The molecule has 0 aliphatic rings. The highest BCUT2D eigenvalue weighted by Crippen LogP contribution is 2.22. The zero-order valence-electron chi connectivity index (χ0n) is 10.5. The lowest BCUT2D eigenvalue weighted by Gasteiger charge is -2.03. The SMILES string of the molecule is CCOC(=O)NC(=O)/C(C#N)=C/Nc1sccc1C#N. The van der Waals surface area contributed by atoms with Crippen LogP contribution >= 0.6 is 11.3 Å². The van der Waals surface area contributed by atoms with E-state index in [2.05, 4.69) is 10.1 Å². The molecule has 20 heavy (non-hydrogen) atoms. The van der Waals surface area contributed by atoms with Gasteiger partial charge in [0.2, 0.25) is 0 Å². The predicted octanol–water partition coefficient (Wildman–Crippen LogP) is 1.71. The van der Waals surface area contributed by atoms with Crippen LogP contribution in [0, 0.1) is 22.7 Å². The van der Waals surface area contributed by atoms with Crippen molar-refractivity contribution in [3.63, 3.8) is 0 Å². The second-order valence-electron chi connectivity index (χ2n) is 3.26. The summed E-state index contributed by atoms with van der Waals surface area (Å²) in [7, 11) is 0. The number of ether oxygens (including phenoxy) is 1. The summed E-state index contributed by atoms with van der Waals surface area (Å²) in [6, 6.07) is 5.21. The molecule has 102 valence electrons.